The molecule has 0 unspecified atom stereocenters. The molecular formula is C19H22ClN5O4. The molecule has 0 aliphatic heterocycles. The maximum atomic E-state index is 10.3. The van der Waals surface area contributed by atoms with Gasteiger partial charge in [-0.05, 0) is 19.4 Å². The highest BCUT2D eigenvalue weighted by Gasteiger charge is 2.41. The molecule has 2 heterocycles. The molecule has 154 valence electrons. The zero-order chi connectivity index (χ0) is 21.0. The van der Waals surface area contributed by atoms with E-state index in [1.54, 1.807) is 18.5 Å². The standard InChI is InChI=1S/C19H22ClN5O4/c1-2-29-14-5-6-22-8-10(14)3-4-12-17(20)24-19(21)25-18(12)23-13-7-11(9-26)15(27)16(13)28/h5-6,8,11,13,15-16,26-28H,2,7,9H2,1H3,(H3,21,23,24,25)/t11-,13-,15-,16+/m1/s1. The quantitative estimate of drug-likeness (QED) is 0.343. The lowest BCUT2D eigenvalue weighted by Crippen LogP contribution is -2.35. The van der Waals surface area contributed by atoms with E-state index in [9.17, 15) is 15.3 Å². The van der Waals surface area contributed by atoms with Gasteiger partial charge in [0, 0.05) is 24.9 Å². The van der Waals surface area contributed by atoms with Gasteiger partial charge in [-0.3, -0.25) is 4.98 Å². The molecule has 0 aromatic carbocycles. The van der Waals surface area contributed by atoms with E-state index >= 15 is 0 Å². The number of rotatable bonds is 5. The number of nitrogens with one attached hydrogen (secondary N) is 1. The van der Waals surface area contributed by atoms with Crippen molar-refractivity contribution in [3.05, 3.63) is 34.7 Å². The van der Waals surface area contributed by atoms with E-state index in [-0.39, 0.29) is 29.1 Å². The number of halogens is 1. The predicted octanol–water partition coefficient (Wildman–Crippen LogP) is 0.420. The molecule has 4 atom stereocenters. The fourth-order valence-corrected chi connectivity index (χ4v) is 3.40. The number of aliphatic hydroxyl groups excluding tert-OH is 3. The van der Waals surface area contributed by atoms with Crippen LogP contribution < -0.4 is 15.8 Å². The molecule has 0 bridgehead atoms. The number of nitrogens with zero attached hydrogens (tertiary/aromatic N) is 3. The minimum absolute atomic E-state index is 0.0427. The number of nitrogens with two attached hydrogens (primary N) is 1. The highest BCUT2D eigenvalue weighted by Crippen LogP contribution is 2.30. The van der Waals surface area contributed by atoms with E-state index < -0.39 is 24.2 Å². The zero-order valence-electron chi connectivity index (χ0n) is 15.7. The largest absolute Gasteiger partial charge is 0.492 e. The molecular weight excluding hydrogens is 398 g/mol. The van der Waals surface area contributed by atoms with Crippen LogP contribution in [-0.2, 0) is 0 Å². The van der Waals surface area contributed by atoms with E-state index in [1.807, 2.05) is 6.92 Å². The van der Waals surface area contributed by atoms with E-state index in [0.29, 0.717) is 24.3 Å². The summed E-state index contributed by atoms with van der Waals surface area (Å²) in [5.74, 6) is 6.15. The Labute approximate surface area is 172 Å². The molecule has 2 aromatic rings. The predicted molar refractivity (Wildman–Crippen MR) is 107 cm³/mol. The third-order valence-corrected chi connectivity index (χ3v) is 4.92. The van der Waals surface area contributed by atoms with E-state index in [1.165, 1.54) is 0 Å². The number of aromatic nitrogens is 3. The van der Waals surface area contributed by atoms with Crippen molar-refractivity contribution in [2.75, 3.05) is 24.3 Å². The second kappa shape index (κ2) is 9.24. The van der Waals surface area contributed by atoms with Gasteiger partial charge >= 0.3 is 0 Å². The van der Waals surface area contributed by atoms with Crippen molar-refractivity contribution >= 4 is 23.4 Å². The summed E-state index contributed by atoms with van der Waals surface area (Å²) < 4.78 is 5.54. The minimum Gasteiger partial charge on any atom is -0.492 e. The molecule has 1 saturated carbocycles. The summed E-state index contributed by atoms with van der Waals surface area (Å²) in [4.78, 5) is 12.1. The average molecular weight is 420 g/mol. The van der Waals surface area contributed by atoms with Gasteiger partial charge < -0.3 is 31.1 Å². The molecule has 0 radical (unpaired) electrons. The van der Waals surface area contributed by atoms with E-state index in [2.05, 4.69) is 32.1 Å². The molecule has 3 rings (SSSR count). The Hall–Kier alpha value is -2.64. The smallest absolute Gasteiger partial charge is 0.223 e. The van der Waals surface area contributed by atoms with Crippen molar-refractivity contribution < 1.29 is 20.1 Å². The molecule has 6 N–H and O–H groups in total. The van der Waals surface area contributed by atoms with Crippen LogP contribution in [0.15, 0.2) is 18.5 Å². The third kappa shape index (κ3) is 4.68. The molecule has 0 amide bonds. The lowest BCUT2D eigenvalue weighted by atomic mass is 10.1. The summed E-state index contributed by atoms with van der Waals surface area (Å²) in [5, 5.41) is 32.7. The maximum absolute atomic E-state index is 10.3. The average Bonchev–Trinajstić information content (AvgIpc) is 2.96. The maximum Gasteiger partial charge on any atom is 0.223 e. The lowest BCUT2D eigenvalue weighted by molar-refractivity contribution is 0.00445. The number of hydrogen-bond donors (Lipinski definition) is 5. The second-order valence-electron chi connectivity index (χ2n) is 6.56. The molecule has 1 aliphatic carbocycles. The van der Waals surface area contributed by atoms with Crippen LogP contribution in [0.25, 0.3) is 0 Å². The Kier molecular flexibility index (Phi) is 6.71. The highest BCUT2D eigenvalue weighted by molar-refractivity contribution is 6.31. The van der Waals surface area contributed by atoms with Gasteiger partial charge in [-0.25, -0.2) is 0 Å². The zero-order valence-corrected chi connectivity index (χ0v) is 16.5. The Morgan fingerprint density at radius 3 is 2.79 bits per heavy atom. The van der Waals surface area contributed by atoms with Crippen LogP contribution in [0.4, 0.5) is 11.8 Å². The van der Waals surface area contributed by atoms with Crippen molar-refractivity contribution in [1.82, 2.24) is 15.0 Å². The molecule has 29 heavy (non-hydrogen) atoms. The SMILES string of the molecule is CCOc1ccncc1C#Cc1c(Cl)nc(N)nc1N[C@@H]1C[C@H](CO)[C@@H](O)[C@H]1O. The van der Waals surface area contributed by atoms with Gasteiger partial charge in [0.15, 0.2) is 5.15 Å². The number of aliphatic hydroxyl groups is 3. The summed E-state index contributed by atoms with van der Waals surface area (Å²) in [7, 11) is 0. The van der Waals surface area contributed by atoms with Gasteiger partial charge in [-0.2, -0.15) is 9.97 Å². The van der Waals surface area contributed by atoms with Crippen LogP contribution in [0.1, 0.15) is 24.5 Å². The van der Waals surface area contributed by atoms with Crippen LogP contribution in [0.5, 0.6) is 5.75 Å². The van der Waals surface area contributed by atoms with E-state index in [4.69, 9.17) is 22.1 Å². The van der Waals surface area contributed by atoms with Crippen LogP contribution in [-0.4, -0.2) is 61.7 Å². The van der Waals surface area contributed by atoms with Gasteiger partial charge in [0.1, 0.15) is 23.2 Å². The van der Waals surface area contributed by atoms with Gasteiger partial charge in [0.05, 0.1) is 24.3 Å². The molecule has 2 aromatic heterocycles. The summed E-state index contributed by atoms with van der Waals surface area (Å²) in [6, 6.07) is 1.14. The van der Waals surface area contributed by atoms with Crippen LogP contribution in [0, 0.1) is 17.8 Å². The molecule has 1 aliphatic rings. The number of anilines is 2. The van der Waals surface area contributed by atoms with Crippen LogP contribution in [0.3, 0.4) is 0 Å². The van der Waals surface area contributed by atoms with Crippen LogP contribution in [0.2, 0.25) is 5.15 Å². The van der Waals surface area contributed by atoms with Crippen molar-refractivity contribution in [2.24, 2.45) is 5.92 Å². The highest BCUT2D eigenvalue weighted by atomic mass is 35.5. The van der Waals surface area contributed by atoms with Gasteiger partial charge in [0.25, 0.3) is 0 Å². The first-order chi connectivity index (χ1) is 13.9. The molecule has 0 spiro atoms. The minimum atomic E-state index is -1.09. The molecule has 9 nitrogen and oxygen atoms in total. The van der Waals surface area contributed by atoms with Crippen molar-refractivity contribution in [1.29, 1.82) is 0 Å². The summed E-state index contributed by atoms with van der Waals surface area (Å²) >= 11 is 6.24. The monoisotopic (exact) mass is 419 g/mol. The van der Waals surface area contributed by atoms with Crippen molar-refractivity contribution in [3.8, 4) is 17.6 Å². The normalized spacial score (nSPS) is 23.3. The number of hydrogen-bond acceptors (Lipinski definition) is 9. The summed E-state index contributed by atoms with van der Waals surface area (Å²) in [6.45, 7) is 2.10. The second-order valence-corrected chi connectivity index (χ2v) is 6.92. The molecule has 0 saturated heterocycles. The van der Waals surface area contributed by atoms with Gasteiger partial charge in [-0.1, -0.05) is 23.4 Å². The first kappa shape index (κ1) is 21.1. The lowest BCUT2D eigenvalue weighted by Gasteiger charge is -2.19. The summed E-state index contributed by atoms with van der Waals surface area (Å²) in [6.07, 6.45) is 1.37. The summed E-state index contributed by atoms with van der Waals surface area (Å²) in [5.41, 5.74) is 6.55. The Morgan fingerprint density at radius 2 is 2.10 bits per heavy atom. The Balaban J connectivity index is 1.94. The van der Waals surface area contributed by atoms with Crippen molar-refractivity contribution in [3.63, 3.8) is 0 Å². The number of ether oxygens (including phenoxy) is 1. The fourth-order valence-electron chi connectivity index (χ4n) is 3.18. The first-order valence-electron chi connectivity index (χ1n) is 9.10. The first-order valence-corrected chi connectivity index (χ1v) is 9.47. The Bertz CT molecular complexity index is 933. The fraction of sp³-hybridized carbons (Fsp3) is 0.421. The third-order valence-electron chi connectivity index (χ3n) is 4.64. The van der Waals surface area contributed by atoms with Gasteiger partial charge in [0.2, 0.25) is 5.95 Å². The number of pyridine rings is 1. The van der Waals surface area contributed by atoms with Gasteiger partial charge in [-0.15, -0.1) is 0 Å². The topological polar surface area (TPSA) is 147 Å². The molecule has 10 heteroatoms. The molecule has 1 fully saturated rings. The van der Waals surface area contributed by atoms with Crippen LogP contribution >= 0.6 is 11.6 Å². The Morgan fingerprint density at radius 1 is 1.31 bits per heavy atom. The number of nitrogen functional groups attached to an aromatic ring is 1. The van der Waals surface area contributed by atoms with E-state index in [0.717, 1.165) is 0 Å². The van der Waals surface area contributed by atoms with Crippen molar-refractivity contribution in [2.45, 2.75) is 31.6 Å².